The Bertz CT molecular complexity index is 584. The van der Waals surface area contributed by atoms with E-state index in [2.05, 4.69) is 10.3 Å². The summed E-state index contributed by atoms with van der Waals surface area (Å²) >= 11 is 0. The minimum Gasteiger partial charge on any atom is -0.384 e. The minimum atomic E-state index is -4.47. The molecule has 102 valence electrons. The van der Waals surface area contributed by atoms with Gasteiger partial charge in [-0.25, -0.2) is 4.68 Å². The first-order valence-corrected chi connectivity index (χ1v) is 5.51. The van der Waals surface area contributed by atoms with E-state index in [1.54, 1.807) is 0 Å². The van der Waals surface area contributed by atoms with Crippen LogP contribution in [-0.4, -0.2) is 20.1 Å². The Morgan fingerprint density at radius 3 is 2.32 bits per heavy atom. The lowest BCUT2D eigenvalue weighted by Gasteiger charge is -2.13. The van der Waals surface area contributed by atoms with Crippen molar-refractivity contribution in [2.45, 2.75) is 25.6 Å². The van der Waals surface area contributed by atoms with E-state index in [4.69, 9.17) is 0 Å². The zero-order chi connectivity index (χ0) is 14.3. The van der Waals surface area contributed by atoms with Gasteiger partial charge >= 0.3 is 6.18 Å². The summed E-state index contributed by atoms with van der Waals surface area (Å²) in [6.07, 6.45) is -3.19. The predicted molar refractivity (Wildman–Crippen MR) is 61.6 cm³/mol. The first kappa shape index (κ1) is 13.5. The van der Waals surface area contributed by atoms with Gasteiger partial charge in [0.15, 0.2) is 0 Å². The lowest BCUT2D eigenvalue weighted by Crippen LogP contribution is -2.16. The molecule has 2 aromatic rings. The zero-order valence-corrected chi connectivity index (χ0v) is 10.3. The average Bonchev–Trinajstić information content (AvgIpc) is 2.76. The van der Waals surface area contributed by atoms with E-state index in [9.17, 15) is 18.3 Å². The first-order chi connectivity index (χ1) is 8.69. The summed E-state index contributed by atoms with van der Waals surface area (Å²) < 4.78 is 39.6. The highest BCUT2D eigenvalue weighted by atomic mass is 19.4. The molecule has 2 rings (SSSR count). The molecule has 0 aliphatic carbocycles. The summed E-state index contributed by atoms with van der Waals surface area (Å²) in [6.45, 7) is 2.97. The second kappa shape index (κ2) is 4.34. The Labute approximate surface area is 107 Å². The molecule has 0 fully saturated rings. The molecule has 0 saturated carbocycles. The monoisotopic (exact) mass is 271 g/mol. The predicted octanol–water partition coefficient (Wildman–Crippen LogP) is 2.51. The third-order valence-corrected chi connectivity index (χ3v) is 2.58. The van der Waals surface area contributed by atoms with Crippen molar-refractivity contribution >= 4 is 0 Å². The molecule has 0 atom stereocenters. The van der Waals surface area contributed by atoms with Crippen LogP contribution in [-0.2, 0) is 11.8 Å². The molecule has 1 N–H and O–H groups in total. The highest BCUT2D eigenvalue weighted by Crippen LogP contribution is 2.33. The largest absolute Gasteiger partial charge is 0.418 e. The van der Waals surface area contributed by atoms with Gasteiger partial charge in [-0.05, 0) is 26.0 Å². The van der Waals surface area contributed by atoms with E-state index < -0.39 is 17.3 Å². The molecule has 0 saturated heterocycles. The molecule has 0 amide bonds. The molecule has 0 spiro atoms. The highest BCUT2D eigenvalue weighted by Gasteiger charge is 2.34. The van der Waals surface area contributed by atoms with Gasteiger partial charge in [-0.3, -0.25) is 0 Å². The van der Waals surface area contributed by atoms with Gasteiger partial charge in [0.2, 0.25) is 0 Å². The van der Waals surface area contributed by atoms with E-state index in [1.165, 1.54) is 38.2 Å². The lowest BCUT2D eigenvalue weighted by atomic mass is 10.1. The van der Waals surface area contributed by atoms with Gasteiger partial charge in [0.25, 0.3) is 0 Å². The van der Waals surface area contributed by atoms with Crippen LogP contribution in [0, 0.1) is 0 Å². The van der Waals surface area contributed by atoms with Crippen LogP contribution in [0.3, 0.4) is 0 Å². The molecule has 1 aromatic carbocycles. The standard InChI is InChI=1S/C12H12F3N3O/c1-11(2,19)10-7-18(17-16-10)9-6-4-3-5-8(9)12(13,14)15/h3-7,19H,1-2H3. The molecule has 0 aliphatic rings. The van der Waals surface area contributed by atoms with Crippen molar-refractivity contribution in [3.05, 3.63) is 41.7 Å². The highest BCUT2D eigenvalue weighted by molar-refractivity contribution is 5.42. The number of halogens is 3. The lowest BCUT2D eigenvalue weighted by molar-refractivity contribution is -0.137. The third-order valence-electron chi connectivity index (χ3n) is 2.58. The fraction of sp³-hybridized carbons (Fsp3) is 0.333. The maximum absolute atomic E-state index is 12.9. The van der Waals surface area contributed by atoms with Crippen LogP contribution in [0.5, 0.6) is 0 Å². The first-order valence-electron chi connectivity index (χ1n) is 5.51. The van der Waals surface area contributed by atoms with Crippen molar-refractivity contribution in [2.75, 3.05) is 0 Å². The molecular weight excluding hydrogens is 259 g/mol. The fourth-order valence-corrected chi connectivity index (χ4v) is 1.58. The second-order valence-electron chi connectivity index (χ2n) is 4.62. The van der Waals surface area contributed by atoms with Gasteiger partial charge in [0.1, 0.15) is 11.3 Å². The number of nitrogens with zero attached hydrogens (tertiary/aromatic N) is 3. The van der Waals surface area contributed by atoms with E-state index in [0.717, 1.165) is 10.7 Å². The molecule has 19 heavy (non-hydrogen) atoms. The van der Waals surface area contributed by atoms with Gasteiger partial charge in [-0.1, -0.05) is 17.3 Å². The van der Waals surface area contributed by atoms with Crippen molar-refractivity contribution < 1.29 is 18.3 Å². The summed E-state index contributed by atoms with van der Waals surface area (Å²) in [6, 6.07) is 5.06. The number of aliphatic hydroxyl groups is 1. The summed E-state index contributed by atoms with van der Waals surface area (Å²) in [5.74, 6) is 0. The zero-order valence-electron chi connectivity index (χ0n) is 10.3. The Kier molecular flexibility index (Phi) is 3.09. The molecule has 0 unspecified atom stereocenters. The topological polar surface area (TPSA) is 50.9 Å². The Morgan fingerprint density at radius 1 is 1.16 bits per heavy atom. The van der Waals surface area contributed by atoms with E-state index >= 15 is 0 Å². The van der Waals surface area contributed by atoms with Crippen LogP contribution in [0.15, 0.2) is 30.5 Å². The van der Waals surface area contributed by atoms with Crippen LogP contribution in [0.2, 0.25) is 0 Å². The smallest absolute Gasteiger partial charge is 0.384 e. The number of aromatic nitrogens is 3. The molecule has 1 aromatic heterocycles. The third kappa shape index (κ3) is 2.76. The van der Waals surface area contributed by atoms with E-state index in [-0.39, 0.29) is 11.4 Å². The number of para-hydroxylation sites is 1. The van der Waals surface area contributed by atoms with Gasteiger partial charge < -0.3 is 5.11 Å². The fourth-order valence-electron chi connectivity index (χ4n) is 1.58. The molecule has 7 heteroatoms. The summed E-state index contributed by atoms with van der Waals surface area (Å²) in [7, 11) is 0. The minimum absolute atomic E-state index is 0.127. The van der Waals surface area contributed by atoms with Gasteiger partial charge in [0, 0.05) is 0 Å². The summed E-state index contributed by atoms with van der Waals surface area (Å²) in [4.78, 5) is 0. The average molecular weight is 271 g/mol. The van der Waals surface area contributed by atoms with Gasteiger partial charge in [0.05, 0.1) is 17.4 Å². The molecular formula is C12H12F3N3O. The van der Waals surface area contributed by atoms with Crippen molar-refractivity contribution in [2.24, 2.45) is 0 Å². The summed E-state index contributed by atoms with van der Waals surface area (Å²) in [5.41, 5.74) is -1.99. The van der Waals surface area contributed by atoms with Crippen molar-refractivity contribution in [3.63, 3.8) is 0 Å². The molecule has 0 bridgehead atoms. The normalized spacial score (nSPS) is 12.7. The van der Waals surface area contributed by atoms with Crippen LogP contribution in [0.25, 0.3) is 5.69 Å². The number of alkyl halides is 3. The Balaban J connectivity index is 2.52. The van der Waals surface area contributed by atoms with Crippen molar-refractivity contribution in [1.29, 1.82) is 0 Å². The maximum atomic E-state index is 12.9. The molecule has 1 heterocycles. The Morgan fingerprint density at radius 2 is 1.79 bits per heavy atom. The van der Waals surface area contributed by atoms with Crippen molar-refractivity contribution in [1.82, 2.24) is 15.0 Å². The SMILES string of the molecule is CC(C)(O)c1cn(-c2ccccc2C(F)(F)F)nn1. The van der Waals surface area contributed by atoms with E-state index in [1.807, 2.05) is 0 Å². The molecule has 0 aliphatic heterocycles. The Hall–Kier alpha value is -1.89. The molecule has 0 radical (unpaired) electrons. The van der Waals surface area contributed by atoms with Crippen molar-refractivity contribution in [3.8, 4) is 5.69 Å². The number of hydrogen-bond acceptors (Lipinski definition) is 3. The number of rotatable bonds is 2. The number of hydrogen-bond donors (Lipinski definition) is 1. The van der Waals surface area contributed by atoms with Gasteiger partial charge in [-0.15, -0.1) is 5.10 Å². The van der Waals surface area contributed by atoms with Crippen LogP contribution >= 0.6 is 0 Å². The van der Waals surface area contributed by atoms with E-state index in [0.29, 0.717) is 0 Å². The quantitative estimate of drug-likeness (QED) is 0.913. The van der Waals surface area contributed by atoms with Crippen LogP contribution < -0.4 is 0 Å². The maximum Gasteiger partial charge on any atom is 0.418 e. The number of benzene rings is 1. The van der Waals surface area contributed by atoms with Crippen LogP contribution in [0.4, 0.5) is 13.2 Å². The second-order valence-corrected chi connectivity index (χ2v) is 4.62. The molecule has 4 nitrogen and oxygen atoms in total. The van der Waals surface area contributed by atoms with Gasteiger partial charge in [-0.2, -0.15) is 13.2 Å². The summed E-state index contributed by atoms with van der Waals surface area (Å²) in [5, 5.41) is 17.1. The van der Waals surface area contributed by atoms with Crippen LogP contribution in [0.1, 0.15) is 25.1 Å².